The number of rotatable bonds is 9. The second kappa shape index (κ2) is 10.0. The maximum absolute atomic E-state index is 12.4. The second-order valence-electron chi connectivity index (χ2n) is 5.87. The Morgan fingerprint density at radius 2 is 1.86 bits per heavy atom. The molecule has 0 saturated heterocycles. The zero-order chi connectivity index (χ0) is 20.7. The van der Waals surface area contributed by atoms with E-state index in [1.165, 1.54) is 0 Å². The molecule has 9 heteroatoms. The SMILES string of the molecule is CCOC(=O)c1sc(NC(=O)CN[C@H](C)c2ccco2)c(C(=O)OCC)c1C. The molecule has 152 valence electrons. The maximum atomic E-state index is 12.4. The van der Waals surface area contributed by atoms with E-state index in [2.05, 4.69) is 10.6 Å². The lowest BCUT2D eigenvalue weighted by Gasteiger charge is -2.11. The number of hydrogen-bond donors (Lipinski definition) is 2. The molecular formula is C19H24N2O6S. The fraction of sp³-hybridized carbons (Fsp3) is 0.421. The highest BCUT2D eigenvalue weighted by atomic mass is 32.1. The monoisotopic (exact) mass is 408 g/mol. The van der Waals surface area contributed by atoms with Gasteiger partial charge in [-0.15, -0.1) is 11.3 Å². The summed E-state index contributed by atoms with van der Waals surface area (Å²) in [4.78, 5) is 37.1. The van der Waals surface area contributed by atoms with Crippen LogP contribution in [0.5, 0.6) is 0 Å². The summed E-state index contributed by atoms with van der Waals surface area (Å²) in [6.45, 7) is 7.26. The van der Waals surface area contributed by atoms with E-state index >= 15 is 0 Å². The molecule has 0 unspecified atom stereocenters. The predicted octanol–water partition coefficient (Wildman–Crippen LogP) is 3.29. The lowest BCUT2D eigenvalue weighted by molar-refractivity contribution is -0.115. The smallest absolute Gasteiger partial charge is 0.348 e. The Hall–Kier alpha value is -2.65. The van der Waals surface area contributed by atoms with Gasteiger partial charge in [0.1, 0.15) is 15.6 Å². The minimum atomic E-state index is -0.598. The van der Waals surface area contributed by atoms with Crippen molar-refractivity contribution in [3.8, 4) is 0 Å². The van der Waals surface area contributed by atoms with Crippen molar-refractivity contribution in [2.45, 2.75) is 33.7 Å². The molecule has 0 aromatic carbocycles. The lowest BCUT2D eigenvalue weighted by Crippen LogP contribution is -2.30. The number of furan rings is 1. The molecule has 2 aromatic rings. The molecule has 0 aliphatic rings. The molecule has 1 amide bonds. The van der Waals surface area contributed by atoms with Crippen molar-refractivity contribution in [1.29, 1.82) is 0 Å². The maximum Gasteiger partial charge on any atom is 0.348 e. The molecule has 0 aliphatic carbocycles. The van der Waals surface area contributed by atoms with Crippen molar-refractivity contribution >= 4 is 34.2 Å². The topological polar surface area (TPSA) is 107 Å². The number of carbonyl (C=O) groups excluding carboxylic acids is 3. The van der Waals surface area contributed by atoms with Gasteiger partial charge in [0.15, 0.2) is 0 Å². The number of nitrogens with one attached hydrogen (secondary N) is 2. The molecule has 2 aromatic heterocycles. The normalized spacial score (nSPS) is 11.7. The number of hydrogen-bond acceptors (Lipinski definition) is 8. The number of anilines is 1. The fourth-order valence-corrected chi connectivity index (χ4v) is 3.60. The average molecular weight is 408 g/mol. The number of carbonyl (C=O) groups is 3. The van der Waals surface area contributed by atoms with Crippen molar-refractivity contribution < 1.29 is 28.3 Å². The van der Waals surface area contributed by atoms with Crippen molar-refractivity contribution in [1.82, 2.24) is 5.32 Å². The zero-order valence-electron chi connectivity index (χ0n) is 16.3. The van der Waals surface area contributed by atoms with Crippen LogP contribution in [0, 0.1) is 6.92 Å². The molecule has 2 N–H and O–H groups in total. The number of amides is 1. The Bertz CT molecular complexity index is 828. The van der Waals surface area contributed by atoms with Crippen molar-refractivity contribution in [3.05, 3.63) is 40.2 Å². The fourth-order valence-electron chi connectivity index (χ4n) is 2.50. The molecule has 0 saturated carbocycles. The number of esters is 2. The number of ether oxygens (including phenoxy) is 2. The van der Waals surface area contributed by atoms with E-state index < -0.39 is 11.9 Å². The van der Waals surface area contributed by atoms with Gasteiger partial charge in [-0.1, -0.05) is 0 Å². The van der Waals surface area contributed by atoms with Gasteiger partial charge in [-0.2, -0.15) is 0 Å². The zero-order valence-corrected chi connectivity index (χ0v) is 17.1. The molecule has 0 radical (unpaired) electrons. The summed E-state index contributed by atoms with van der Waals surface area (Å²) in [6.07, 6.45) is 1.56. The standard InChI is InChI=1S/C19H24N2O6S/c1-5-25-18(23)15-11(3)16(19(24)26-6-2)28-17(15)21-14(22)10-20-12(4)13-8-7-9-27-13/h7-9,12,20H,5-6,10H2,1-4H3,(H,21,22)/t12-/m1/s1. The van der Waals surface area contributed by atoms with Crippen molar-refractivity contribution in [3.63, 3.8) is 0 Å². The van der Waals surface area contributed by atoms with Crippen molar-refractivity contribution in [2.24, 2.45) is 0 Å². The molecule has 1 atom stereocenters. The molecule has 2 rings (SSSR count). The summed E-state index contributed by atoms with van der Waals surface area (Å²) in [5.74, 6) is -0.795. The summed E-state index contributed by atoms with van der Waals surface area (Å²) in [5.41, 5.74) is 0.594. The summed E-state index contributed by atoms with van der Waals surface area (Å²) in [5, 5.41) is 5.98. The number of thiophene rings is 1. The summed E-state index contributed by atoms with van der Waals surface area (Å²) < 4.78 is 15.4. The highest BCUT2D eigenvalue weighted by Gasteiger charge is 2.27. The second-order valence-corrected chi connectivity index (χ2v) is 6.89. The van der Waals surface area contributed by atoms with Crippen LogP contribution in [0.25, 0.3) is 0 Å². The van der Waals surface area contributed by atoms with Gasteiger partial charge in [0.2, 0.25) is 5.91 Å². The quantitative estimate of drug-likeness (QED) is 0.613. The first-order chi connectivity index (χ1) is 13.4. The van der Waals surface area contributed by atoms with Crippen molar-refractivity contribution in [2.75, 3.05) is 25.1 Å². The summed E-state index contributed by atoms with van der Waals surface area (Å²) in [7, 11) is 0. The van der Waals surface area contributed by atoms with Gasteiger partial charge in [-0.25, -0.2) is 9.59 Å². The predicted molar refractivity (Wildman–Crippen MR) is 105 cm³/mol. The van der Waals surface area contributed by atoms with Gasteiger partial charge in [0.05, 0.1) is 37.6 Å². The van der Waals surface area contributed by atoms with E-state index in [0.29, 0.717) is 11.3 Å². The van der Waals surface area contributed by atoms with E-state index in [4.69, 9.17) is 13.9 Å². The van der Waals surface area contributed by atoms with E-state index in [0.717, 1.165) is 11.3 Å². The molecule has 0 aliphatic heterocycles. The molecule has 0 fully saturated rings. The van der Waals surface area contributed by atoms with Crippen LogP contribution in [0.2, 0.25) is 0 Å². The Morgan fingerprint density at radius 1 is 1.18 bits per heavy atom. The van der Waals surface area contributed by atoms with E-state index in [1.807, 2.05) is 13.0 Å². The van der Waals surface area contributed by atoms with Crippen LogP contribution in [0.15, 0.2) is 22.8 Å². The Balaban J connectivity index is 2.15. The molecule has 0 spiro atoms. The third kappa shape index (κ3) is 5.20. The first-order valence-corrected chi connectivity index (χ1v) is 9.74. The molecule has 2 heterocycles. The first-order valence-electron chi connectivity index (χ1n) is 8.93. The largest absolute Gasteiger partial charge is 0.468 e. The highest BCUT2D eigenvalue weighted by Crippen LogP contribution is 2.34. The van der Waals surface area contributed by atoms with Crippen LogP contribution >= 0.6 is 11.3 Å². The Labute approximate surface area is 167 Å². The van der Waals surface area contributed by atoms with E-state index in [1.54, 1.807) is 33.1 Å². The Morgan fingerprint density at radius 3 is 2.46 bits per heavy atom. The summed E-state index contributed by atoms with van der Waals surface area (Å²) in [6, 6.07) is 3.41. The van der Waals surface area contributed by atoms with Crippen LogP contribution in [0.1, 0.15) is 58.2 Å². The third-order valence-corrected chi connectivity index (χ3v) is 5.07. The third-order valence-electron chi connectivity index (χ3n) is 3.88. The van der Waals surface area contributed by atoms with Gasteiger partial charge < -0.3 is 19.2 Å². The molecule has 8 nitrogen and oxygen atoms in total. The summed E-state index contributed by atoms with van der Waals surface area (Å²) >= 11 is 0.995. The van der Waals surface area contributed by atoms with Gasteiger partial charge >= 0.3 is 11.9 Å². The van der Waals surface area contributed by atoms with Crippen LogP contribution in [0.4, 0.5) is 5.00 Å². The molecule has 0 bridgehead atoms. The molecule has 28 heavy (non-hydrogen) atoms. The van der Waals surface area contributed by atoms with Crippen LogP contribution < -0.4 is 10.6 Å². The minimum absolute atomic E-state index is 0.00415. The van der Waals surface area contributed by atoms with E-state index in [-0.39, 0.29) is 47.1 Å². The van der Waals surface area contributed by atoms with Crippen LogP contribution in [-0.4, -0.2) is 37.6 Å². The van der Waals surface area contributed by atoms with E-state index in [9.17, 15) is 14.4 Å². The van der Waals surface area contributed by atoms with Gasteiger partial charge in [-0.3, -0.25) is 10.1 Å². The van der Waals surface area contributed by atoms with Gasteiger partial charge in [0, 0.05) is 0 Å². The molecular weight excluding hydrogens is 384 g/mol. The average Bonchev–Trinajstić information content (AvgIpc) is 3.28. The minimum Gasteiger partial charge on any atom is -0.468 e. The van der Waals surface area contributed by atoms with Gasteiger partial charge in [-0.05, 0) is 45.4 Å². The Kier molecular flexibility index (Phi) is 7.77. The van der Waals surface area contributed by atoms with Crippen LogP contribution in [0.3, 0.4) is 0 Å². The van der Waals surface area contributed by atoms with Crippen LogP contribution in [-0.2, 0) is 14.3 Å². The first kappa shape index (κ1) is 21.6. The highest BCUT2D eigenvalue weighted by molar-refractivity contribution is 7.18. The lowest BCUT2D eigenvalue weighted by atomic mass is 10.1. The van der Waals surface area contributed by atoms with Gasteiger partial charge in [0.25, 0.3) is 0 Å².